The number of carbonyl (C=O) groups is 2. The Balaban J connectivity index is 1.80. The van der Waals surface area contributed by atoms with Crippen molar-refractivity contribution in [2.75, 3.05) is 32.9 Å². The first-order chi connectivity index (χ1) is 10.7. The van der Waals surface area contributed by atoms with E-state index in [2.05, 4.69) is 0 Å². The van der Waals surface area contributed by atoms with Crippen molar-refractivity contribution >= 4 is 11.7 Å². The number of morpholine rings is 1. The number of benzene rings is 1. The highest BCUT2D eigenvalue weighted by Gasteiger charge is 2.18. The van der Waals surface area contributed by atoms with Crippen molar-refractivity contribution in [3.8, 4) is 5.75 Å². The van der Waals surface area contributed by atoms with Crippen molar-refractivity contribution in [2.24, 2.45) is 0 Å². The number of Topliss-reactive ketones (excluding diaryl/α,β-unsaturated/α-hetero) is 1. The zero-order chi connectivity index (χ0) is 15.8. The Kier molecular flexibility index (Phi) is 6.40. The number of ether oxygens (including phenoxy) is 2. The molecule has 1 amide bonds. The zero-order valence-electron chi connectivity index (χ0n) is 13.0. The summed E-state index contributed by atoms with van der Waals surface area (Å²) in [7, 11) is 0. The van der Waals surface area contributed by atoms with Crippen molar-refractivity contribution < 1.29 is 19.1 Å². The molecule has 0 unspecified atom stereocenters. The predicted molar refractivity (Wildman–Crippen MR) is 83.2 cm³/mol. The lowest BCUT2D eigenvalue weighted by Crippen LogP contribution is -2.40. The van der Waals surface area contributed by atoms with E-state index in [0.29, 0.717) is 38.5 Å². The van der Waals surface area contributed by atoms with E-state index in [9.17, 15) is 9.59 Å². The summed E-state index contributed by atoms with van der Waals surface area (Å²) in [4.78, 5) is 25.9. The molecule has 22 heavy (non-hydrogen) atoms. The van der Waals surface area contributed by atoms with Gasteiger partial charge in [0.25, 0.3) is 0 Å². The predicted octanol–water partition coefficient (Wildman–Crippen LogP) is 2.30. The number of amides is 1. The number of hydrogen-bond donors (Lipinski definition) is 0. The highest BCUT2D eigenvalue weighted by molar-refractivity contribution is 5.98. The molecule has 0 saturated carbocycles. The normalized spacial score (nSPS) is 14.7. The molecule has 1 saturated heterocycles. The molecule has 5 nitrogen and oxygen atoms in total. The van der Waals surface area contributed by atoms with Gasteiger partial charge in [0, 0.05) is 31.5 Å². The maximum absolute atomic E-state index is 12.1. The average Bonchev–Trinajstić information content (AvgIpc) is 2.58. The van der Waals surface area contributed by atoms with Crippen LogP contribution in [0, 0.1) is 0 Å². The van der Waals surface area contributed by atoms with E-state index in [1.165, 1.54) is 0 Å². The van der Waals surface area contributed by atoms with Gasteiger partial charge >= 0.3 is 0 Å². The first-order valence-corrected chi connectivity index (χ1v) is 7.82. The molecule has 0 bridgehead atoms. The summed E-state index contributed by atoms with van der Waals surface area (Å²) >= 11 is 0. The summed E-state index contributed by atoms with van der Waals surface area (Å²) in [6.07, 6.45) is 1.45. The van der Waals surface area contributed by atoms with Gasteiger partial charge in [-0.15, -0.1) is 0 Å². The lowest BCUT2D eigenvalue weighted by molar-refractivity contribution is -0.135. The largest absolute Gasteiger partial charge is 0.494 e. The van der Waals surface area contributed by atoms with E-state index in [1.807, 2.05) is 6.92 Å². The van der Waals surface area contributed by atoms with E-state index < -0.39 is 0 Å². The number of carbonyl (C=O) groups excluding carboxylic acids is 2. The van der Waals surface area contributed by atoms with Crippen molar-refractivity contribution in [3.05, 3.63) is 29.8 Å². The molecule has 0 radical (unpaired) electrons. The maximum atomic E-state index is 12.1. The van der Waals surface area contributed by atoms with Gasteiger partial charge < -0.3 is 14.4 Å². The van der Waals surface area contributed by atoms with Gasteiger partial charge in [-0.2, -0.15) is 0 Å². The summed E-state index contributed by atoms with van der Waals surface area (Å²) < 4.78 is 10.7. The summed E-state index contributed by atoms with van der Waals surface area (Å²) in [5, 5.41) is 0. The number of ketones is 1. The topological polar surface area (TPSA) is 55.8 Å². The molecule has 1 fully saturated rings. The summed E-state index contributed by atoms with van der Waals surface area (Å²) in [5.41, 5.74) is 0.624. The van der Waals surface area contributed by atoms with Crippen LogP contribution in [0.4, 0.5) is 0 Å². The third-order valence-corrected chi connectivity index (χ3v) is 3.58. The number of rotatable bonds is 7. The lowest BCUT2D eigenvalue weighted by Gasteiger charge is -2.26. The third kappa shape index (κ3) is 4.84. The highest BCUT2D eigenvalue weighted by Crippen LogP contribution is 2.15. The molecular weight excluding hydrogens is 282 g/mol. The molecule has 1 aromatic carbocycles. The van der Waals surface area contributed by atoms with Gasteiger partial charge in [0.2, 0.25) is 5.91 Å². The monoisotopic (exact) mass is 305 g/mol. The molecule has 0 aromatic heterocycles. The minimum absolute atomic E-state index is 0.0105. The number of nitrogens with zero attached hydrogens (tertiary/aromatic N) is 1. The molecule has 120 valence electrons. The average molecular weight is 305 g/mol. The van der Waals surface area contributed by atoms with Crippen LogP contribution in [-0.4, -0.2) is 49.5 Å². The van der Waals surface area contributed by atoms with Crippen LogP contribution in [0.2, 0.25) is 0 Å². The third-order valence-electron chi connectivity index (χ3n) is 3.58. The van der Waals surface area contributed by atoms with Crippen LogP contribution in [0.3, 0.4) is 0 Å². The second-order valence-corrected chi connectivity index (χ2v) is 5.29. The molecular formula is C17H23NO4. The summed E-state index contributed by atoms with van der Waals surface area (Å²) in [6, 6.07) is 7.11. The van der Waals surface area contributed by atoms with Gasteiger partial charge in [-0.3, -0.25) is 9.59 Å². The number of hydrogen-bond acceptors (Lipinski definition) is 4. The molecule has 1 aliphatic rings. The van der Waals surface area contributed by atoms with Crippen molar-refractivity contribution in [1.29, 1.82) is 0 Å². The Hall–Kier alpha value is -1.88. The van der Waals surface area contributed by atoms with E-state index in [0.717, 1.165) is 12.2 Å². The van der Waals surface area contributed by atoms with Crippen LogP contribution >= 0.6 is 0 Å². The minimum Gasteiger partial charge on any atom is -0.494 e. The summed E-state index contributed by atoms with van der Waals surface area (Å²) in [5.74, 6) is 0.783. The van der Waals surface area contributed by atoms with Gasteiger partial charge in [0.05, 0.1) is 19.8 Å². The lowest BCUT2D eigenvalue weighted by atomic mass is 10.1. The fourth-order valence-corrected chi connectivity index (χ4v) is 2.29. The molecule has 1 heterocycles. The molecule has 0 aliphatic carbocycles. The van der Waals surface area contributed by atoms with Crippen LogP contribution in [0.15, 0.2) is 24.3 Å². The van der Waals surface area contributed by atoms with E-state index in [4.69, 9.17) is 9.47 Å². The Morgan fingerprint density at radius 3 is 2.45 bits per heavy atom. The Bertz CT molecular complexity index is 492. The van der Waals surface area contributed by atoms with Gasteiger partial charge in [0.15, 0.2) is 5.78 Å². The van der Waals surface area contributed by atoms with Crippen LogP contribution in [0.5, 0.6) is 5.75 Å². The van der Waals surface area contributed by atoms with E-state index >= 15 is 0 Å². The van der Waals surface area contributed by atoms with Crippen LogP contribution in [0.1, 0.15) is 36.5 Å². The van der Waals surface area contributed by atoms with Crippen molar-refractivity contribution in [3.63, 3.8) is 0 Å². The SMILES string of the molecule is CCCOc1ccc(C(=O)CCC(=O)N2CCOCC2)cc1. The second-order valence-electron chi connectivity index (χ2n) is 5.29. The van der Waals surface area contributed by atoms with Crippen LogP contribution in [-0.2, 0) is 9.53 Å². The first-order valence-electron chi connectivity index (χ1n) is 7.82. The Morgan fingerprint density at radius 2 is 1.82 bits per heavy atom. The molecule has 2 rings (SSSR count). The molecule has 0 atom stereocenters. The Morgan fingerprint density at radius 1 is 1.14 bits per heavy atom. The highest BCUT2D eigenvalue weighted by atomic mass is 16.5. The van der Waals surface area contributed by atoms with Crippen molar-refractivity contribution in [1.82, 2.24) is 4.90 Å². The van der Waals surface area contributed by atoms with Crippen LogP contribution < -0.4 is 4.74 Å². The van der Waals surface area contributed by atoms with Gasteiger partial charge in [-0.25, -0.2) is 0 Å². The maximum Gasteiger partial charge on any atom is 0.223 e. The van der Waals surface area contributed by atoms with Gasteiger partial charge in [0.1, 0.15) is 5.75 Å². The molecule has 0 N–H and O–H groups in total. The Labute approximate surface area is 131 Å². The quantitative estimate of drug-likeness (QED) is 0.725. The second kappa shape index (κ2) is 8.54. The van der Waals surface area contributed by atoms with E-state index in [1.54, 1.807) is 29.2 Å². The van der Waals surface area contributed by atoms with Crippen molar-refractivity contribution in [2.45, 2.75) is 26.2 Å². The van der Waals surface area contributed by atoms with Gasteiger partial charge in [-0.1, -0.05) is 6.92 Å². The smallest absolute Gasteiger partial charge is 0.223 e. The van der Waals surface area contributed by atoms with Crippen LogP contribution in [0.25, 0.3) is 0 Å². The molecule has 1 aliphatic heterocycles. The fraction of sp³-hybridized carbons (Fsp3) is 0.529. The molecule has 0 spiro atoms. The zero-order valence-corrected chi connectivity index (χ0v) is 13.0. The standard InChI is InChI=1S/C17H23NO4/c1-2-11-22-15-5-3-14(4-6-15)16(19)7-8-17(20)18-9-12-21-13-10-18/h3-6H,2,7-13H2,1H3. The van der Waals surface area contributed by atoms with Gasteiger partial charge in [-0.05, 0) is 30.7 Å². The first kappa shape index (κ1) is 16.5. The van der Waals surface area contributed by atoms with E-state index in [-0.39, 0.29) is 24.5 Å². The molecule has 5 heteroatoms. The fourth-order valence-electron chi connectivity index (χ4n) is 2.29. The summed E-state index contributed by atoms with van der Waals surface area (Å²) in [6.45, 7) is 5.12. The minimum atomic E-state index is -0.0105. The molecule has 1 aromatic rings.